The maximum absolute atomic E-state index is 12.5. The molecular weight excluding hydrogens is 336 g/mol. The number of hydrogen-bond acceptors (Lipinski definition) is 7. The summed E-state index contributed by atoms with van der Waals surface area (Å²) >= 11 is 0. The van der Waals surface area contributed by atoms with Gasteiger partial charge in [0.15, 0.2) is 11.5 Å². The van der Waals surface area contributed by atoms with E-state index in [2.05, 4.69) is 30.2 Å². The molecule has 26 heavy (non-hydrogen) atoms. The van der Waals surface area contributed by atoms with Crippen molar-refractivity contribution in [1.29, 1.82) is 0 Å². The fourth-order valence-corrected chi connectivity index (χ4v) is 2.82. The second-order valence-electron chi connectivity index (χ2n) is 5.76. The minimum atomic E-state index is -0.313. The number of nitrogens with zero attached hydrogens (tertiary/aromatic N) is 4. The van der Waals surface area contributed by atoms with Crippen molar-refractivity contribution in [2.75, 3.05) is 43.6 Å². The van der Waals surface area contributed by atoms with Gasteiger partial charge in [0.05, 0.1) is 26.7 Å². The first-order chi connectivity index (χ1) is 12.7. The second kappa shape index (κ2) is 6.96. The zero-order valence-electron chi connectivity index (χ0n) is 14.2. The van der Waals surface area contributed by atoms with Crippen LogP contribution in [-0.4, -0.2) is 59.3 Å². The highest BCUT2D eigenvalue weighted by Crippen LogP contribution is 2.24. The predicted molar refractivity (Wildman–Crippen MR) is 95.7 cm³/mol. The molecule has 1 aromatic carbocycles. The molecule has 0 spiro atoms. The Morgan fingerprint density at radius 2 is 2.15 bits per heavy atom. The van der Waals surface area contributed by atoms with Crippen LogP contribution in [0.3, 0.4) is 0 Å². The number of methoxy groups -OCH3 is 1. The van der Waals surface area contributed by atoms with E-state index in [-0.39, 0.29) is 11.9 Å². The summed E-state index contributed by atoms with van der Waals surface area (Å²) in [4.78, 5) is 30.8. The lowest BCUT2D eigenvalue weighted by Gasteiger charge is -2.28. The molecule has 0 bridgehead atoms. The van der Waals surface area contributed by atoms with Crippen LogP contribution in [0.4, 0.5) is 11.8 Å². The van der Waals surface area contributed by atoms with Gasteiger partial charge in [0, 0.05) is 18.7 Å². The monoisotopic (exact) mass is 354 g/mol. The first-order valence-electron chi connectivity index (χ1n) is 8.24. The average molecular weight is 354 g/mol. The molecule has 4 rings (SSSR count). The third-order valence-electron chi connectivity index (χ3n) is 4.13. The number of amides is 1. The number of rotatable bonds is 4. The lowest BCUT2D eigenvalue weighted by atomic mass is 10.2. The van der Waals surface area contributed by atoms with E-state index in [0.717, 1.165) is 5.52 Å². The van der Waals surface area contributed by atoms with Crippen LogP contribution >= 0.6 is 0 Å². The first-order valence-corrected chi connectivity index (χ1v) is 8.24. The van der Waals surface area contributed by atoms with Crippen molar-refractivity contribution in [3.63, 3.8) is 0 Å². The number of carbonyl (C=O) groups excluding carboxylic acids is 1. The summed E-state index contributed by atoms with van der Waals surface area (Å²) in [7, 11) is 1.56. The summed E-state index contributed by atoms with van der Waals surface area (Å²) in [5.74, 6) is 1.21. The molecular formula is C17H18N6O3. The fraction of sp³-hybridized carbons (Fsp3) is 0.294. The molecule has 2 aromatic heterocycles. The van der Waals surface area contributed by atoms with Gasteiger partial charge in [0.2, 0.25) is 5.95 Å². The van der Waals surface area contributed by atoms with Gasteiger partial charge >= 0.3 is 0 Å². The Morgan fingerprint density at radius 1 is 1.31 bits per heavy atom. The number of anilines is 2. The van der Waals surface area contributed by atoms with Crippen LogP contribution in [0.2, 0.25) is 0 Å². The lowest BCUT2D eigenvalue weighted by molar-refractivity contribution is 0.102. The Bertz CT molecular complexity index is 935. The van der Waals surface area contributed by atoms with Crippen molar-refractivity contribution < 1.29 is 14.3 Å². The Balaban J connectivity index is 1.64. The summed E-state index contributed by atoms with van der Waals surface area (Å²) in [6.07, 6.45) is 1.57. The first kappa shape index (κ1) is 16.3. The van der Waals surface area contributed by atoms with Crippen LogP contribution < -0.4 is 15.0 Å². The van der Waals surface area contributed by atoms with Crippen LogP contribution in [0.25, 0.3) is 11.2 Å². The van der Waals surface area contributed by atoms with E-state index >= 15 is 0 Å². The molecule has 0 unspecified atom stereocenters. The van der Waals surface area contributed by atoms with Gasteiger partial charge in [-0.15, -0.1) is 0 Å². The zero-order valence-corrected chi connectivity index (χ0v) is 14.2. The van der Waals surface area contributed by atoms with Crippen molar-refractivity contribution in [3.05, 3.63) is 36.2 Å². The van der Waals surface area contributed by atoms with Gasteiger partial charge in [0.25, 0.3) is 5.91 Å². The Morgan fingerprint density at radius 3 is 2.96 bits per heavy atom. The number of ether oxygens (including phenoxy) is 2. The van der Waals surface area contributed by atoms with Gasteiger partial charge < -0.3 is 19.4 Å². The smallest absolute Gasteiger partial charge is 0.258 e. The number of H-pyrrole nitrogens is 1. The molecule has 0 saturated carbocycles. The topological polar surface area (TPSA) is 105 Å². The molecule has 1 aliphatic rings. The number of nitrogens with one attached hydrogen (secondary N) is 2. The standard InChI is InChI=1S/C17H18N6O3/c1-25-12-4-2-3-11(9-12)16(24)22-17-20-14-13(18-10-19-14)15(21-17)23-5-7-26-8-6-23/h2-4,9-10H,5-8H2,1H3,(H2,18,19,20,21,22,24). The highest BCUT2D eigenvalue weighted by Gasteiger charge is 2.19. The number of fused-ring (bicyclic) bond motifs is 1. The van der Waals surface area contributed by atoms with E-state index in [1.54, 1.807) is 37.7 Å². The molecule has 3 heterocycles. The number of morpholine rings is 1. The van der Waals surface area contributed by atoms with Crippen molar-refractivity contribution in [2.24, 2.45) is 0 Å². The predicted octanol–water partition coefficient (Wildman–Crippen LogP) is 1.45. The molecule has 134 valence electrons. The molecule has 3 aromatic rings. The Hall–Kier alpha value is -3.20. The maximum atomic E-state index is 12.5. The minimum Gasteiger partial charge on any atom is -0.497 e. The molecule has 1 amide bonds. The van der Waals surface area contributed by atoms with Crippen LogP contribution in [0, 0.1) is 0 Å². The molecule has 9 heteroatoms. The number of carbonyl (C=O) groups is 1. The van der Waals surface area contributed by atoms with E-state index in [9.17, 15) is 4.79 Å². The highest BCUT2D eigenvalue weighted by molar-refractivity contribution is 6.04. The van der Waals surface area contributed by atoms with Crippen molar-refractivity contribution in [3.8, 4) is 5.75 Å². The molecule has 1 aliphatic heterocycles. The van der Waals surface area contributed by atoms with E-state index in [1.807, 2.05) is 0 Å². The molecule has 0 radical (unpaired) electrons. The van der Waals surface area contributed by atoms with Crippen molar-refractivity contribution in [1.82, 2.24) is 19.9 Å². The third kappa shape index (κ3) is 3.16. The molecule has 0 atom stereocenters. The summed E-state index contributed by atoms with van der Waals surface area (Å²) in [5.41, 5.74) is 1.71. The maximum Gasteiger partial charge on any atom is 0.258 e. The zero-order chi connectivity index (χ0) is 17.9. The van der Waals surface area contributed by atoms with Crippen molar-refractivity contribution >= 4 is 28.8 Å². The fourth-order valence-electron chi connectivity index (χ4n) is 2.82. The number of aromatic nitrogens is 4. The number of hydrogen-bond donors (Lipinski definition) is 2. The number of imidazole rings is 1. The van der Waals surface area contributed by atoms with Crippen LogP contribution in [0.15, 0.2) is 30.6 Å². The van der Waals surface area contributed by atoms with E-state index in [1.165, 1.54) is 0 Å². The largest absolute Gasteiger partial charge is 0.497 e. The molecule has 1 fully saturated rings. The normalized spacial score (nSPS) is 14.4. The van der Waals surface area contributed by atoms with E-state index in [4.69, 9.17) is 9.47 Å². The van der Waals surface area contributed by atoms with E-state index in [0.29, 0.717) is 49.1 Å². The SMILES string of the molecule is COc1cccc(C(=O)Nc2nc(N3CCOCC3)c3[nH]cnc3n2)c1. The number of aromatic amines is 1. The summed E-state index contributed by atoms with van der Waals surface area (Å²) in [5, 5.41) is 2.74. The van der Waals surface area contributed by atoms with Gasteiger partial charge in [-0.2, -0.15) is 9.97 Å². The average Bonchev–Trinajstić information content (AvgIpc) is 3.16. The van der Waals surface area contributed by atoms with Crippen LogP contribution in [0.5, 0.6) is 5.75 Å². The molecule has 0 aliphatic carbocycles. The lowest BCUT2D eigenvalue weighted by Crippen LogP contribution is -2.37. The van der Waals surface area contributed by atoms with Crippen LogP contribution in [0.1, 0.15) is 10.4 Å². The van der Waals surface area contributed by atoms with Gasteiger partial charge in [-0.05, 0) is 18.2 Å². The number of benzene rings is 1. The highest BCUT2D eigenvalue weighted by atomic mass is 16.5. The summed E-state index contributed by atoms with van der Waals surface area (Å²) in [6, 6.07) is 6.89. The third-order valence-corrected chi connectivity index (χ3v) is 4.13. The van der Waals surface area contributed by atoms with Crippen molar-refractivity contribution in [2.45, 2.75) is 0 Å². The Kier molecular flexibility index (Phi) is 4.36. The van der Waals surface area contributed by atoms with Gasteiger partial charge in [0.1, 0.15) is 11.3 Å². The van der Waals surface area contributed by atoms with Crippen LogP contribution in [-0.2, 0) is 4.74 Å². The molecule has 9 nitrogen and oxygen atoms in total. The molecule has 1 saturated heterocycles. The summed E-state index contributed by atoms with van der Waals surface area (Å²) in [6.45, 7) is 2.69. The van der Waals surface area contributed by atoms with Gasteiger partial charge in [-0.1, -0.05) is 6.07 Å². The Labute approximate surface area is 149 Å². The van der Waals surface area contributed by atoms with Gasteiger partial charge in [-0.3, -0.25) is 10.1 Å². The van der Waals surface area contributed by atoms with E-state index < -0.39 is 0 Å². The molecule has 2 N–H and O–H groups in total. The quantitative estimate of drug-likeness (QED) is 0.730. The van der Waals surface area contributed by atoms with Gasteiger partial charge in [-0.25, -0.2) is 4.98 Å². The summed E-state index contributed by atoms with van der Waals surface area (Å²) < 4.78 is 10.6. The second-order valence-corrected chi connectivity index (χ2v) is 5.76. The minimum absolute atomic E-state index is 0.207.